The molecule has 4 aromatic rings. The van der Waals surface area contributed by atoms with Crippen molar-refractivity contribution in [2.45, 2.75) is 51.4 Å². The number of hydroxylamine groups is 2. The molecule has 0 saturated carbocycles. The van der Waals surface area contributed by atoms with E-state index in [0.717, 1.165) is 61.2 Å². The lowest BCUT2D eigenvalue weighted by Gasteiger charge is -2.08. The van der Waals surface area contributed by atoms with Crippen LogP contribution in [0.15, 0.2) is 107 Å². The van der Waals surface area contributed by atoms with Crippen LogP contribution >= 0.6 is 0 Å². The Morgan fingerprint density at radius 2 is 0.815 bits per heavy atom. The predicted octanol–water partition coefficient (Wildman–Crippen LogP) is 6.03. The molecular weight excluding hydrogens is 692 g/mol. The van der Waals surface area contributed by atoms with Crippen molar-refractivity contribution < 1.29 is 39.1 Å². The molecule has 4 rings (SSSR count). The summed E-state index contributed by atoms with van der Waals surface area (Å²) in [5.41, 5.74) is 10.6. The number of carbonyl (C=O) groups is 4. The molecule has 4 amide bonds. The van der Waals surface area contributed by atoms with Gasteiger partial charge in [-0.15, -0.1) is 0 Å². The zero-order chi connectivity index (χ0) is 38.4. The molecule has 54 heavy (non-hydrogen) atoms. The maximum atomic E-state index is 12.3. The third-order valence-electron chi connectivity index (χ3n) is 8.07. The lowest BCUT2D eigenvalue weighted by atomic mass is 10.1. The van der Waals surface area contributed by atoms with Crippen molar-refractivity contribution in [2.75, 3.05) is 13.2 Å². The molecule has 0 aliphatic heterocycles. The van der Waals surface area contributed by atoms with E-state index in [1.165, 1.54) is 73.8 Å². The molecule has 0 atom stereocenters. The van der Waals surface area contributed by atoms with Crippen LogP contribution in [-0.4, -0.2) is 59.7 Å². The molecule has 6 N–H and O–H groups in total. The normalized spacial score (nSPS) is 10.9. The summed E-state index contributed by atoms with van der Waals surface area (Å²) in [5.74, 6) is -0.730. The lowest BCUT2D eigenvalue weighted by Crippen LogP contribution is -2.20. The first-order chi connectivity index (χ1) is 26.4. The van der Waals surface area contributed by atoms with Gasteiger partial charge in [-0.05, 0) is 96.8 Å². The fourth-order valence-corrected chi connectivity index (χ4v) is 5.15. The van der Waals surface area contributed by atoms with Gasteiger partial charge in [-0.1, -0.05) is 62.8 Å². The Labute approximate surface area is 313 Å². The summed E-state index contributed by atoms with van der Waals surface area (Å²) in [6.45, 7) is 1.23. The van der Waals surface area contributed by atoms with Gasteiger partial charge in [0.25, 0.3) is 23.6 Å². The van der Waals surface area contributed by atoms with Crippen LogP contribution in [0.3, 0.4) is 0 Å². The average molecular weight is 737 g/mol. The van der Waals surface area contributed by atoms with Gasteiger partial charge in [0.05, 0.1) is 25.6 Å². The molecule has 0 aliphatic rings. The van der Waals surface area contributed by atoms with Gasteiger partial charge in [0.2, 0.25) is 0 Å². The van der Waals surface area contributed by atoms with Crippen molar-refractivity contribution in [2.24, 2.45) is 10.2 Å². The Kier molecular flexibility index (Phi) is 16.9. The molecule has 282 valence electrons. The third-order valence-corrected chi connectivity index (χ3v) is 8.07. The molecule has 0 saturated heterocycles. The maximum Gasteiger partial charge on any atom is 0.274 e. The van der Waals surface area contributed by atoms with Gasteiger partial charge in [-0.2, -0.15) is 10.2 Å². The van der Waals surface area contributed by atoms with Crippen molar-refractivity contribution >= 4 is 36.1 Å². The highest BCUT2D eigenvalue weighted by molar-refractivity contribution is 5.98. The number of unbranched alkanes of at least 4 members (excludes halogenated alkanes) is 7. The van der Waals surface area contributed by atoms with E-state index in [1.807, 2.05) is 48.5 Å². The number of hydrogen-bond acceptors (Lipinski definition) is 10. The van der Waals surface area contributed by atoms with E-state index >= 15 is 0 Å². The summed E-state index contributed by atoms with van der Waals surface area (Å²) < 4.78 is 11.8. The summed E-state index contributed by atoms with van der Waals surface area (Å²) in [7, 11) is 0. The smallest absolute Gasteiger partial charge is 0.274 e. The fourth-order valence-electron chi connectivity index (χ4n) is 5.15. The highest BCUT2D eigenvalue weighted by Gasteiger charge is 2.09. The Balaban J connectivity index is 1.01. The molecule has 14 heteroatoms. The molecule has 4 aromatic carbocycles. The number of rotatable bonds is 21. The minimum atomic E-state index is -0.660. The molecule has 0 radical (unpaired) electrons. The summed E-state index contributed by atoms with van der Waals surface area (Å²) in [6.07, 6.45) is 11.8. The topological polar surface area (TPSA) is 200 Å². The van der Waals surface area contributed by atoms with Crippen LogP contribution in [-0.2, 0) is 0 Å². The summed E-state index contributed by atoms with van der Waals surface area (Å²) in [6, 6.07) is 26.5. The standard InChI is InChI=1S/C40H44N6O8/c47-37(31-15-19-33(20-16-31)39(49)45-51)43-41-27-29-11-9-13-35(25-29)53-23-7-5-3-1-2-4-6-8-24-54-36-14-10-12-30(26-36)28-42-44-38(48)32-17-21-34(22-18-32)40(50)46-52/h9-22,25-28,51-52H,1-8,23-24H2,(H,43,47)(H,44,48)(H,45,49)(H,46,50)/b41-27+,42-28+. The van der Waals surface area contributed by atoms with E-state index in [1.54, 1.807) is 11.0 Å². The first kappa shape index (κ1) is 40.4. The average Bonchev–Trinajstić information content (AvgIpc) is 3.21. The first-order valence-corrected chi connectivity index (χ1v) is 17.6. The number of amides is 4. The van der Waals surface area contributed by atoms with Crippen LogP contribution in [0.5, 0.6) is 11.5 Å². The fraction of sp³-hybridized carbons (Fsp3) is 0.250. The van der Waals surface area contributed by atoms with Crippen molar-refractivity contribution in [1.82, 2.24) is 21.8 Å². The third kappa shape index (κ3) is 14.0. The summed E-state index contributed by atoms with van der Waals surface area (Å²) >= 11 is 0. The summed E-state index contributed by atoms with van der Waals surface area (Å²) in [5, 5.41) is 25.4. The number of benzene rings is 4. The highest BCUT2D eigenvalue weighted by atomic mass is 16.5. The Morgan fingerprint density at radius 1 is 0.481 bits per heavy atom. The van der Waals surface area contributed by atoms with Crippen LogP contribution in [0.4, 0.5) is 0 Å². The minimum absolute atomic E-state index is 0.224. The van der Waals surface area contributed by atoms with Crippen molar-refractivity contribution in [3.8, 4) is 11.5 Å². The van der Waals surface area contributed by atoms with E-state index in [2.05, 4.69) is 21.1 Å². The van der Waals surface area contributed by atoms with Crippen LogP contribution in [0, 0.1) is 0 Å². The van der Waals surface area contributed by atoms with E-state index in [0.29, 0.717) is 24.3 Å². The van der Waals surface area contributed by atoms with Gasteiger partial charge in [0.15, 0.2) is 0 Å². The number of carbonyl (C=O) groups excluding carboxylic acids is 4. The second kappa shape index (κ2) is 22.5. The van der Waals surface area contributed by atoms with Crippen molar-refractivity contribution in [3.63, 3.8) is 0 Å². The second-order valence-corrected chi connectivity index (χ2v) is 12.1. The van der Waals surface area contributed by atoms with E-state index in [4.69, 9.17) is 19.9 Å². The van der Waals surface area contributed by atoms with E-state index in [9.17, 15) is 19.2 Å². The highest BCUT2D eigenvalue weighted by Crippen LogP contribution is 2.16. The number of hydrazone groups is 2. The zero-order valence-electron chi connectivity index (χ0n) is 29.7. The molecule has 0 aromatic heterocycles. The SMILES string of the molecule is O=C(NO)c1ccc(C(=O)N/N=C/c2cccc(OCCCCCCCCCCOc3cccc(/C=N/NC(=O)c4ccc(C(=O)NO)cc4)c3)c2)cc1. The van der Waals surface area contributed by atoms with Crippen molar-refractivity contribution in [1.29, 1.82) is 0 Å². The van der Waals surface area contributed by atoms with Gasteiger partial charge in [-0.3, -0.25) is 29.6 Å². The molecule has 0 bridgehead atoms. The largest absolute Gasteiger partial charge is 0.494 e. The second-order valence-electron chi connectivity index (χ2n) is 12.1. The van der Waals surface area contributed by atoms with Gasteiger partial charge < -0.3 is 9.47 Å². The molecule has 0 fully saturated rings. The number of nitrogens with one attached hydrogen (secondary N) is 4. The minimum Gasteiger partial charge on any atom is -0.494 e. The molecule has 0 aliphatic carbocycles. The molecule has 0 unspecified atom stereocenters. The van der Waals surface area contributed by atoms with Gasteiger partial charge >= 0.3 is 0 Å². The van der Waals surface area contributed by atoms with Gasteiger partial charge in [0, 0.05) is 22.3 Å². The monoisotopic (exact) mass is 736 g/mol. The van der Waals surface area contributed by atoms with Crippen LogP contribution in [0.1, 0.15) is 104 Å². The molecule has 0 spiro atoms. The molecule has 0 heterocycles. The zero-order valence-corrected chi connectivity index (χ0v) is 29.7. The van der Waals surface area contributed by atoms with Gasteiger partial charge in [-0.25, -0.2) is 21.8 Å². The quantitative estimate of drug-likeness (QED) is 0.0258. The van der Waals surface area contributed by atoms with Crippen LogP contribution in [0.25, 0.3) is 0 Å². The Bertz CT molecular complexity index is 1740. The number of ether oxygens (including phenoxy) is 2. The van der Waals surface area contributed by atoms with E-state index in [-0.39, 0.29) is 11.1 Å². The molecule has 14 nitrogen and oxygen atoms in total. The Hall–Kier alpha value is -6.38. The Morgan fingerprint density at radius 3 is 1.17 bits per heavy atom. The van der Waals surface area contributed by atoms with Crippen molar-refractivity contribution in [3.05, 3.63) is 130 Å². The van der Waals surface area contributed by atoms with E-state index < -0.39 is 23.6 Å². The maximum absolute atomic E-state index is 12.3. The molecular formula is C40H44N6O8. The van der Waals surface area contributed by atoms with Crippen LogP contribution < -0.4 is 31.3 Å². The first-order valence-electron chi connectivity index (χ1n) is 17.6. The van der Waals surface area contributed by atoms with Crippen LogP contribution in [0.2, 0.25) is 0 Å². The predicted molar refractivity (Wildman–Crippen MR) is 202 cm³/mol. The number of hydrogen-bond donors (Lipinski definition) is 6. The van der Waals surface area contributed by atoms with Gasteiger partial charge in [0.1, 0.15) is 11.5 Å². The number of nitrogens with zero attached hydrogens (tertiary/aromatic N) is 2. The summed E-state index contributed by atoms with van der Waals surface area (Å²) in [4.78, 5) is 47.4. The lowest BCUT2D eigenvalue weighted by molar-refractivity contribution is 0.0702.